The minimum absolute atomic E-state index is 0.00410. The molecule has 0 fully saturated rings. The first-order chi connectivity index (χ1) is 7.54. The van der Waals surface area contributed by atoms with Crippen LogP contribution in [0.4, 0.5) is 0 Å². The Morgan fingerprint density at radius 1 is 1.50 bits per heavy atom. The zero-order valence-electron chi connectivity index (χ0n) is 9.49. The third kappa shape index (κ3) is 3.20. The molecule has 5 heteroatoms. The summed E-state index contributed by atoms with van der Waals surface area (Å²) in [7, 11) is 0. The van der Waals surface area contributed by atoms with Crippen molar-refractivity contribution >= 4 is 5.91 Å². The number of carbonyl (C=O) groups excluding carboxylic acids is 1. The molecule has 0 aliphatic carbocycles. The molecule has 0 radical (unpaired) electrons. The summed E-state index contributed by atoms with van der Waals surface area (Å²) in [5.41, 5.74) is 5.73. The second-order valence-electron chi connectivity index (χ2n) is 3.92. The van der Waals surface area contributed by atoms with E-state index in [1.54, 1.807) is 0 Å². The van der Waals surface area contributed by atoms with Crippen molar-refractivity contribution in [2.75, 3.05) is 6.54 Å². The fourth-order valence-corrected chi connectivity index (χ4v) is 1.19. The molecule has 1 aromatic rings. The maximum absolute atomic E-state index is 11.7. The summed E-state index contributed by atoms with van der Waals surface area (Å²) in [6, 6.07) is 2.82. The largest absolute Gasteiger partial charge is 0.349 e. The summed E-state index contributed by atoms with van der Waals surface area (Å²) in [6.07, 6.45) is 1.40. The fourth-order valence-electron chi connectivity index (χ4n) is 1.19. The molecule has 0 spiro atoms. The van der Waals surface area contributed by atoms with Crippen LogP contribution in [0.3, 0.4) is 0 Å². The van der Waals surface area contributed by atoms with E-state index in [1.165, 1.54) is 18.3 Å². The van der Waals surface area contributed by atoms with Crippen molar-refractivity contribution in [3.63, 3.8) is 0 Å². The first kappa shape index (κ1) is 12.4. The summed E-state index contributed by atoms with van der Waals surface area (Å²) < 4.78 is 0. The second kappa shape index (κ2) is 5.46. The molecule has 16 heavy (non-hydrogen) atoms. The van der Waals surface area contributed by atoms with E-state index >= 15 is 0 Å². The van der Waals surface area contributed by atoms with Crippen LogP contribution in [0.2, 0.25) is 0 Å². The molecule has 0 saturated carbocycles. The zero-order chi connectivity index (χ0) is 12.1. The van der Waals surface area contributed by atoms with Crippen LogP contribution in [0.1, 0.15) is 24.2 Å². The summed E-state index contributed by atoms with van der Waals surface area (Å²) in [6.45, 7) is 4.39. The molecule has 1 aromatic heterocycles. The number of aromatic amines is 1. The minimum Gasteiger partial charge on any atom is -0.349 e. The van der Waals surface area contributed by atoms with Gasteiger partial charge in [-0.2, -0.15) is 0 Å². The molecule has 0 aliphatic rings. The highest BCUT2D eigenvalue weighted by Gasteiger charge is 2.14. The monoisotopic (exact) mass is 223 g/mol. The van der Waals surface area contributed by atoms with Gasteiger partial charge in [-0.3, -0.25) is 9.59 Å². The summed E-state index contributed by atoms with van der Waals surface area (Å²) in [4.78, 5) is 25.0. The van der Waals surface area contributed by atoms with Crippen LogP contribution in [0, 0.1) is 5.92 Å². The predicted molar refractivity (Wildman–Crippen MR) is 62.2 cm³/mol. The Bertz CT molecular complexity index is 393. The van der Waals surface area contributed by atoms with E-state index in [1.807, 2.05) is 13.8 Å². The van der Waals surface area contributed by atoms with E-state index < -0.39 is 0 Å². The van der Waals surface area contributed by atoms with Gasteiger partial charge in [0.25, 0.3) is 5.91 Å². The minimum atomic E-state index is -0.222. The Hall–Kier alpha value is -1.62. The number of hydrogen-bond donors (Lipinski definition) is 3. The lowest BCUT2D eigenvalue weighted by atomic mass is 10.0. The molecule has 5 nitrogen and oxygen atoms in total. The number of H-pyrrole nitrogens is 1. The lowest BCUT2D eigenvalue weighted by Gasteiger charge is -2.19. The van der Waals surface area contributed by atoms with Gasteiger partial charge in [-0.1, -0.05) is 6.92 Å². The molecule has 2 atom stereocenters. The molecule has 1 amide bonds. The molecule has 0 aromatic carbocycles. The van der Waals surface area contributed by atoms with Gasteiger partial charge in [0.15, 0.2) is 0 Å². The van der Waals surface area contributed by atoms with Crippen LogP contribution in [0.15, 0.2) is 23.1 Å². The molecular formula is C11H17N3O2. The maximum Gasteiger partial charge on any atom is 0.252 e. The van der Waals surface area contributed by atoms with Gasteiger partial charge < -0.3 is 16.0 Å². The molecule has 4 N–H and O–H groups in total. The van der Waals surface area contributed by atoms with E-state index in [2.05, 4.69) is 10.3 Å². The Balaban J connectivity index is 2.65. The van der Waals surface area contributed by atoms with Gasteiger partial charge in [0.1, 0.15) is 0 Å². The standard InChI is InChI=1S/C11H17N3O2/c1-7(5-12)8(2)14-11(16)9-3-4-10(15)13-6-9/h3-4,6-8H,5,12H2,1-2H3,(H,13,15)(H,14,16). The van der Waals surface area contributed by atoms with Gasteiger partial charge in [0.2, 0.25) is 5.56 Å². The Labute approximate surface area is 94.1 Å². The third-order valence-electron chi connectivity index (χ3n) is 2.63. The van der Waals surface area contributed by atoms with Crippen LogP contribution < -0.4 is 16.6 Å². The fraction of sp³-hybridized carbons (Fsp3) is 0.455. The Kier molecular flexibility index (Phi) is 4.25. The molecule has 0 aliphatic heterocycles. The maximum atomic E-state index is 11.7. The Morgan fingerprint density at radius 2 is 2.19 bits per heavy atom. The van der Waals surface area contributed by atoms with Crippen molar-refractivity contribution in [3.05, 3.63) is 34.2 Å². The molecule has 0 saturated heterocycles. The number of carbonyl (C=O) groups is 1. The first-order valence-electron chi connectivity index (χ1n) is 5.24. The van der Waals surface area contributed by atoms with Crippen LogP contribution in [-0.4, -0.2) is 23.5 Å². The van der Waals surface area contributed by atoms with Crippen LogP contribution in [-0.2, 0) is 0 Å². The SMILES string of the molecule is CC(CN)C(C)NC(=O)c1ccc(=O)[nH]c1. The van der Waals surface area contributed by atoms with Crippen molar-refractivity contribution in [1.82, 2.24) is 10.3 Å². The van der Waals surface area contributed by atoms with E-state index in [9.17, 15) is 9.59 Å². The number of rotatable bonds is 4. The van der Waals surface area contributed by atoms with Crippen molar-refractivity contribution in [2.24, 2.45) is 11.7 Å². The van der Waals surface area contributed by atoms with Gasteiger partial charge in [-0.15, -0.1) is 0 Å². The predicted octanol–water partition coefficient (Wildman–Crippen LogP) is 0.0880. The number of hydrogen-bond acceptors (Lipinski definition) is 3. The number of pyridine rings is 1. The van der Waals surface area contributed by atoms with Crippen molar-refractivity contribution in [3.8, 4) is 0 Å². The first-order valence-corrected chi connectivity index (χ1v) is 5.24. The van der Waals surface area contributed by atoms with Gasteiger partial charge in [-0.05, 0) is 25.5 Å². The normalized spacial score (nSPS) is 14.2. The molecule has 0 bridgehead atoms. The van der Waals surface area contributed by atoms with E-state index in [0.717, 1.165) is 0 Å². The zero-order valence-corrected chi connectivity index (χ0v) is 9.49. The van der Waals surface area contributed by atoms with E-state index in [4.69, 9.17) is 5.73 Å². The highest BCUT2D eigenvalue weighted by atomic mass is 16.2. The molecule has 1 rings (SSSR count). The van der Waals surface area contributed by atoms with E-state index in [0.29, 0.717) is 12.1 Å². The highest BCUT2D eigenvalue weighted by molar-refractivity contribution is 5.93. The number of aromatic nitrogens is 1. The average Bonchev–Trinajstić information content (AvgIpc) is 2.28. The van der Waals surface area contributed by atoms with Crippen LogP contribution in [0.25, 0.3) is 0 Å². The van der Waals surface area contributed by atoms with Gasteiger partial charge in [-0.25, -0.2) is 0 Å². The Morgan fingerprint density at radius 3 is 2.69 bits per heavy atom. The summed E-state index contributed by atoms with van der Waals surface area (Å²) in [5.74, 6) is 0.00996. The van der Waals surface area contributed by atoms with Crippen LogP contribution >= 0.6 is 0 Å². The molecule has 2 unspecified atom stereocenters. The summed E-state index contributed by atoms with van der Waals surface area (Å²) >= 11 is 0. The smallest absolute Gasteiger partial charge is 0.252 e. The van der Waals surface area contributed by atoms with Gasteiger partial charge >= 0.3 is 0 Å². The van der Waals surface area contributed by atoms with Crippen molar-refractivity contribution < 1.29 is 4.79 Å². The quantitative estimate of drug-likeness (QED) is 0.676. The molecular weight excluding hydrogens is 206 g/mol. The topological polar surface area (TPSA) is 88.0 Å². The summed E-state index contributed by atoms with van der Waals surface area (Å²) in [5, 5.41) is 2.83. The van der Waals surface area contributed by atoms with E-state index in [-0.39, 0.29) is 23.4 Å². The molecule has 1 heterocycles. The van der Waals surface area contributed by atoms with Crippen molar-refractivity contribution in [2.45, 2.75) is 19.9 Å². The number of amides is 1. The highest BCUT2D eigenvalue weighted by Crippen LogP contribution is 2.01. The van der Waals surface area contributed by atoms with Crippen LogP contribution in [0.5, 0.6) is 0 Å². The lowest BCUT2D eigenvalue weighted by Crippen LogP contribution is -2.39. The number of nitrogens with two attached hydrogens (primary N) is 1. The van der Waals surface area contributed by atoms with Gasteiger partial charge in [0.05, 0.1) is 5.56 Å². The van der Waals surface area contributed by atoms with Crippen molar-refractivity contribution in [1.29, 1.82) is 0 Å². The lowest BCUT2D eigenvalue weighted by molar-refractivity contribution is 0.0929. The molecule has 88 valence electrons. The average molecular weight is 223 g/mol. The van der Waals surface area contributed by atoms with Gasteiger partial charge in [0, 0.05) is 18.3 Å². The second-order valence-corrected chi connectivity index (χ2v) is 3.92. The third-order valence-corrected chi connectivity index (χ3v) is 2.63. The number of nitrogens with one attached hydrogen (secondary N) is 2.